The Bertz CT molecular complexity index is 1160. The van der Waals surface area contributed by atoms with E-state index in [1.54, 1.807) is 26.2 Å². The maximum atomic E-state index is 12.5. The van der Waals surface area contributed by atoms with Crippen LogP contribution in [0.25, 0.3) is 0 Å². The third-order valence-corrected chi connectivity index (χ3v) is 5.91. The normalized spacial score (nSPS) is 17.4. The van der Waals surface area contributed by atoms with Gasteiger partial charge in [0.1, 0.15) is 11.9 Å². The summed E-state index contributed by atoms with van der Waals surface area (Å²) in [6.45, 7) is 2.46. The summed E-state index contributed by atoms with van der Waals surface area (Å²) >= 11 is 12.2. The average molecular weight is 483 g/mol. The van der Waals surface area contributed by atoms with Crippen molar-refractivity contribution in [3.05, 3.63) is 105 Å². The zero-order chi connectivity index (χ0) is 23.4. The number of aliphatic imine (C=N–C) groups is 1. The minimum atomic E-state index is -0.376. The number of methoxy groups -OCH3 is 1. The molecule has 4 rings (SSSR count). The van der Waals surface area contributed by atoms with Gasteiger partial charge in [0.2, 0.25) is 0 Å². The predicted molar refractivity (Wildman–Crippen MR) is 131 cm³/mol. The van der Waals surface area contributed by atoms with Gasteiger partial charge in [0, 0.05) is 22.7 Å². The zero-order valence-electron chi connectivity index (χ0n) is 18.3. The van der Waals surface area contributed by atoms with Crippen LogP contribution in [0.2, 0.25) is 10.0 Å². The summed E-state index contributed by atoms with van der Waals surface area (Å²) in [4.78, 5) is 17.5. The van der Waals surface area contributed by atoms with Gasteiger partial charge in [0.05, 0.1) is 24.8 Å². The van der Waals surface area contributed by atoms with Crippen molar-refractivity contribution in [2.24, 2.45) is 4.99 Å². The molecule has 0 spiro atoms. The van der Waals surface area contributed by atoms with E-state index in [-0.39, 0.29) is 18.1 Å². The van der Waals surface area contributed by atoms with Crippen molar-refractivity contribution >= 4 is 35.0 Å². The van der Waals surface area contributed by atoms with Crippen LogP contribution in [0.15, 0.2) is 71.7 Å². The maximum absolute atomic E-state index is 12.5. The molecule has 0 amide bonds. The van der Waals surface area contributed by atoms with Crippen LogP contribution in [0.3, 0.4) is 0 Å². The topological polar surface area (TPSA) is 59.9 Å². The lowest BCUT2D eigenvalue weighted by atomic mass is 9.95. The van der Waals surface area contributed by atoms with Crippen LogP contribution >= 0.6 is 23.2 Å². The summed E-state index contributed by atoms with van der Waals surface area (Å²) in [7, 11) is 1.62. The van der Waals surface area contributed by atoms with Crippen LogP contribution in [0, 0.1) is 0 Å². The molecule has 1 aliphatic heterocycles. The number of ether oxygens (including phenoxy) is 2. The Labute approximate surface area is 203 Å². The smallest absolute Gasteiger partial charge is 0.338 e. The minimum Gasteiger partial charge on any atom is -0.462 e. The van der Waals surface area contributed by atoms with Crippen molar-refractivity contribution in [2.45, 2.75) is 25.6 Å². The third-order valence-electron chi connectivity index (χ3n) is 5.41. The number of carbonyl (C=O) groups is 1. The highest BCUT2D eigenvalue weighted by atomic mass is 35.5. The lowest BCUT2D eigenvalue weighted by Crippen LogP contribution is -2.25. The van der Waals surface area contributed by atoms with E-state index in [2.05, 4.69) is 5.32 Å². The highest BCUT2D eigenvalue weighted by Gasteiger charge is 2.32. The van der Waals surface area contributed by atoms with Crippen LogP contribution in [0.1, 0.15) is 51.6 Å². The standard InChI is InChI=1S/C26H24Cl2N2O3/c1-3-33-26(31)20-13-16(15-32-2)12-19(14-20)25-29-23(17-4-8-21(27)9-5-17)24(30-25)18-6-10-22(28)11-7-18/h4-14,23-24H,3,15H2,1-2H3,(H,29,30)/t23-,24+. The second kappa shape index (κ2) is 10.4. The van der Waals surface area contributed by atoms with Crippen molar-refractivity contribution in [1.29, 1.82) is 0 Å². The Balaban J connectivity index is 1.76. The summed E-state index contributed by atoms with van der Waals surface area (Å²) < 4.78 is 10.5. The Hall–Kier alpha value is -2.86. The molecule has 0 saturated carbocycles. The van der Waals surface area contributed by atoms with E-state index in [9.17, 15) is 4.79 Å². The van der Waals surface area contributed by atoms with Gasteiger partial charge in [-0.1, -0.05) is 47.5 Å². The van der Waals surface area contributed by atoms with Gasteiger partial charge in [-0.3, -0.25) is 4.99 Å². The number of benzene rings is 3. The van der Waals surface area contributed by atoms with Gasteiger partial charge < -0.3 is 14.8 Å². The number of esters is 1. The molecule has 3 aromatic carbocycles. The number of rotatable bonds is 7. The van der Waals surface area contributed by atoms with E-state index in [0.29, 0.717) is 34.7 Å². The van der Waals surface area contributed by atoms with Gasteiger partial charge in [0.15, 0.2) is 0 Å². The number of carbonyl (C=O) groups excluding carboxylic acids is 1. The van der Waals surface area contributed by atoms with E-state index in [1.165, 1.54) is 0 Å². The van der Waals surface area contributed by atoms with Crippen molar-refractivity contribution in [3.63, 3.8) is 0 Å². The maximum Gasteiger partial charge on any atom is 0.338 e. The fourth-order valence-corrected chi connectivity index (χ4v) is 4.16. The van der Waals surface area contributed by atoms with Crippen LogP contribution in [0.4, 0.5) is 0 Å². The predicted octanol–water partition coefficient (Wildman–Crippen LogP) is 6.15. The van der Waals surface area contributed by atoms with Crippen LogP contribution in [0.5, 0.6) is 0 Å². The van der Waals surface area contributed by atoms with Crippen molar-refractivity contribution < 1.29 is 14.3 Å². The second-order valence-electron chi connectivity index (χ2n) is 7.72. The first-order valence-electron chi connectivity index (χ1n) is 10.6. The van der Waals surface area contributed by atoms with E-state index in [4.69, 9.17) is 37.7 Å². The first-order valence-corrected chi connectivity index (χ1v) is 11.4. The van der Waals surface area contributed by atoms with Gasteiger partial charge in [-0.15, -0.1) is 0 Å². The van der Waals surface area contributed by atoms with Gasteiger partial charge in [-0.05, 0) is 66.1 Å². The Kier molecular flexibility index (Phi) is 7.33. The van der Waals surface area contributed by atoms with Gasteiger partial charge in [0.25, 0.3) is 0 Å². The molecule has 7 heteroatoms. The monoisotopic (exact) mass is 482 g/mol. The van der Waals surface area contributed by atoms with Gasteiger partial charge in [-0.25, -0.2) is 4.79 Å². The van der Waals surface area contributed by atoms with Gasteiger partial charge in [-0.2, -0.15) is 0 Å². The molecule has 1 heterocycles. The van der Waals surface area contributed by atoms with E-state index < -0.39 is 0 Å². The Morgan fingerprint density at radius 2 is 1.61 bits per heavy atom. The Morgan fingerprint density at radius 1 is 0.970 bits per heavy atom. The molecule has 1 aliphatic rings. The fourth-order valence-electron chi connectivity index (χ4n) is 3.91. The lowest BCUT2D eigenvalue weighted by Gasteiger charge is -2.20. The SMILES string of the molecule is CCOC(=O)c1cc(COC)cc(C2=N[C@@H](c3ccc(Cl)cc3)[C@@H](c3ccc(Cl)cc3)N2)c1. The molecule has 5 nitrogen and oxygen atoms in total. The summed E-state index contributed by atoms with van der Waals surface area (Å²) in [5.41, 5.74) is 4.20. The summed E-state index contributed by atoms with van der Waals surface area (Å²) in [6, 6.07) is 20.7. The number of nitrogens with one attached hydrogen (secondary N) is 1. The molecule has 33 heavy (non-hydrogen) atoms. The molecule has 3 aromatic rings. The number of hydrogen-bond donors (Lipinski definition) is 1. The quantitative estimate of drug-likeness (QED) is 0.410. The number of amidine groups is 1. The van der Waals surface area contributed by atoms with Crippen molar-refractivity contribution in [3.8, 4) is 0 Å². The lowest BCUT2D eigenvalue weighted by molar-refractivity contribution is 0.0526. The number of halogens is 2. The number of nitrogens with zero attached hydrogens (tertiary/aromatic N) is 1. The molecule has 0 unspecified atom stereocenters. The van der Waals surface area contributed by atoms with Crippen molar-refractivity contribution in [2.75, 3.05) is 13.7 Å². The first-order chi connectivity index (χ1) is 16.0. The van der Waals surface area contributed by atoms with E-state index in [0.717, 1.165) is 22.3 Å². The Morgan fingerprint density at radius 3 is 2.21 bits per heavy atom. The van der Waals surface area contributed by atoms with E-state index in [1.807, 2.05) is 54.6 Å². The molecule has 0 radical (unpaired) electrons. The highest BCUT2D eigenvalue weighted by molar-refractivity contribution is 6.30. The average Bonchev–Trinajstić information content (AvgIpc) is 3.26. The van der Waals surface area contributed by atoms with E-state index >= 15 is 0 Å². The summed E-state index contributed by atoms with van der Waals surface area (Å²) in [5, 5.41) is 4.90. The van der Waals surface area contributed by atoms with Crippen molar-refractivity contribution in [1.82, 2.24) is 5.32 Å². The highest BCUT2D eigenvalue weighted by Crippen LogP contribution is 2.38. The fraction of sp³-hybridized carbons (Fsp3) is 0.231. The molecule has 0 aliphatic carbocycles. The largest absolute Gasteiger partial charge is 0.462 e. The summed E-state index contributed by atoms with van der Waals surface area (Å²) in [6.07, 6.45) is 0. The molecule has 2 atom stereocenters. The molecule has 0 fully saturated rings. The first kappa shape index (κ1) is 23.3. The number of hydrogen-bond acceptors (Lipinski definition) is 5. The van der Waals surface area contributed by atoms with Crippen LogP contribution in [-0.4, -0.2) is 25.5 Å². The van der Waals surface area contributed by atoms with Crippen LogP contribution < -0.4 is 5.32 Å². The second-order valence-corrected chi connectivity index (χ2v) is 8.59. The molecule has 0 saturated heterocycles. The van der Waals surface area contributed by atoms with Crippen LogP contribution in [-0.2, 0) is 16.1 Å². The third kappa shape index (κ3) is 5.38. The molecule has 1 N–H and O–H groups in total. The van der Waals surface area contributed by atoms with Gasteiger partial charge >= 0.3 is 5.97 Å². The summed E-state index contributed by atoms with van der Waals surface area (Å²) in [5.74, 6) is 0.317. The minimum absolute atomic E-state index is 0.115. The molecule has 170 valence electrons. The molecular formula is C26H24Cl2N2O3. The molecule has 0 bridgehead atoms. The molecular weight excluding hydrogens is 459 g/mol. The zero-order valence-corrected chi connectivity index (χ0v) is 19.9. The molecule has 0 aromatic heterocycles.